The third-order valence-electron chi connectivity index (χ3n) is 2.55. The molecular weight excluding hydrogens is 244 g/mol. The molecule has 0 N–H and O–H groups in total. The van der Waals surface area contributed by atoms with Gasteiger partial charge in [-0.25, -0.2) is 9.36 Å². The van der Waals surface area contributed by atoms with Crippen LogP contribution in [0.5, 0.6) is 0 Å². The average Bonchev–Trinajstić information content (AvgIpc) is 2.24. The van der Waals surface area contributed by atoms with Gasteiger partial charge < -0.3 is 4.74 Å². The molecule has 96 valence electrons. The van der Waals surface area contributed by atoms with Gasteiger partial charge in [0.05, 0.1) is 5.56 Å². The maximum atomic E-state index is 12.1. The molecule has 1 aromatic rings. The molecule has 6 heteroatoms. The maximum Gasteiger partial charge on any atom is 0.334 e. The highest BCUT2D eigenvalue weighted by molar-refractivity contribution is 6.30. The Hall–Kier alpha value is -1.07. The summed E-state index contributed by atoms with van der Waals surface area (Å²) in [4.78, 5) is 24.1. The van der Waals surface area contributed by atoms with Gasteiger partial charge in [-0.1, -0.05) is 25.4 Å². The standard InChI is InChI=1S/C11H17ClN2O3/c1-5-13-9(12)8(7(2)3)10(15)14(6-17-4)11(13)16/h7H,5-6H2,1-4H3. The number of ether oxygens (including phenoxy) is 1. The molecule has 0 aliphatic rings. The topological polar surface area (TPSA) is 53.2 Å². The summed E-state index contributed by atoms with van der Waals surface area (Å²) in [5, 5.41) is 0.227. The lowest BCUT2D eigenvalue weighted by Gasteiger charge is -2.15. The van der Waals surface area contributed by atoms with Gasteiger partial charge in [-0.2, -0.15) is 0 Å². The summed E-state index contributed by atoms with van der Waals surface area (Å²) in [6.07, 6.45) is 0. The Balaban J connectivity index is 3.70. The van der Waals surface area contributed by atoms with Crippen LogP contribution in [0.4, 0.5) is 0 Å². The van der Waals surface area contributed by atoms with Crippen LogP contribution >= 0.6 is 11.6 Å². The fourth-order valence-corrected chi connectivity index (χ4v) is 2.19. The van der Waals surface area contributed by atoms with E-state index in [0.717, 1.165) is 4.57 Å². The van der Waals surface area contributed by atoms with Crippen molar-refractivity contribution >= 4 is 11.6 Å². The molecule has 0 saturated carbocycles. The third kappa shape index (κ3) is 2.45. The Kier molecular flexibility index (Phi) is 4.54. The van der Waals surface area contributed by atoms with E-state index < -0.39 is 5.69 Å². The van der Waals surface area contributed by atoms with Crippen LogP contribution in [0.15, 0.2) is 9.59 Å². The van der Waals surface area contributed by atoms with Gasteiger partial charge in [-0.3, -0.25) is 9.36 Å². The third-order valence-corrected chi connectivity index (χ3v) is 2.96. The van der Waals surface area contributed by atoms with Crippen molar-refractivity contribution in [2.45, 2.75) is 40.0 Å². The normalized spacial score (nSPS) is 11.2. The monoisotopic (exact) mass is 260 g/mol. The number of hydrogen-bond acceptors (Lipinski definition) is 3. The van der Waals surface area contributed by atoms with E-state index in [9.17, 15) is 9.59 Å². The summed E-state index contributed by atoms with van der Waals surface area (Å²) < 4.78 is 7.30. The molecule has 0 bridgehead atoms. The molecule has 0 atom stereocenters. The van der Waals surface area contributed by atoms with E-state index in [0.29, 0.717) is 12.1 Å². The first-order valence-corrected chi connectivity index (χ1v) is 5.85. The van der Waals surface area contributed by atoms with E-state index >= 15 is 0 Å². The van der Waals surface area contributed by atoms with Gasteiger partial charge in [-0.05, 0) is 12.8 Å². The Labute approximate surface area is 105 Å². The first-order valence-electron chi connectivity index (χ1n) is 5.47. The van der Waals surface area contributed by atoms with Gasteiger partial charge in [0.25, 0.3) is 5.56 Å². The zero-order chi connectivity index (χ0) is 13.2. The predicted octanol–water partition coefficient (Wildman–Crippen LogP) is 1.41. The van der Waals surface area contributed by atoms with Crippen LogP contribution in [-0.2, 0) is 18.0 Å². The number of halogens is 1. The Morgan fingerprint density at radius 1 is 1.29 bits per heavy atom. The SMILES string of the molecule is CCn1c(Cl)c(C(C)C)c(=O)n(COC)c1=O. The smallest absolute Gasteiger partial charge is 0.334 e. The van der Waals surface area contributed by atoms with Crippen molar-refractivity contribution in [3.8, 4) is 0 Å². The Morgan fingerprint density at radius 2 is 1.88 bits per heavy atom. The average molecular weight is 261 g/mol. The largest absolute Gasteiger partial charge is 0.364 e. The van der Waals surface area contributed by atoms with Crippen molar-refractivity contribution in [1.29, 1.82) is 0 Å². The van der Waals surface area contributed by atoms with Crippen LogP contribution in [0.2, 0.25) is 5.15 Å². The molecule has 1 heterocycles. The summed E-state index contributed by atoms with van der Waals surface area (Å²) in [5.41, 5.74) is -0.361. The van der Waals surface area contributed by atoms with Crippen LogP contribution in [0, 0.1) is 0 Å². The number of methoxy groups -OCH3 is 1. The van der Waals surface area contributed by atoms with Gasteiger partial charge in [0.2, 0.25) is 0 Å². The number of rotatable bonds is 4. The minimum Gasteiger partial charge on any atom is -0.364 e. The van der Waals surface area contributed by atoms with Crippen LogP contribution < -0.4 is 11.2 Å². The lowest BCUT2D eigenvalue weighted by molar-refractivity contribution is 0.122. The van der Waals surface area contributed by atoms with E-state index in [1.54, 1.807) is 6.92 Å². The first-order chi connectivity index (χ1) is 7.95. The maximum absolute atomic E-state index is 12.1. The number of aromatic nitrogens is 2. The molecule has 0 aliphatic carbocycles. The van der Waals surface area contributed by atoms with Crippen molar-refractivity contribution in [3.05, 3.63) is 31.6 Å². The summed E-state index contributed by atoms with van der Waals surface area (Å²) in [6, 6.07) is 0. The van der Waals surface area contributed by atoms with Gasteiger partial charge in [0, 0.05) is 13.7 Å². The number of hydrogen-bond donors (Lipinski definition) is 0. The second-order valence-electron chi connectivity index (χ2n) is 4.04. The number of nitrogens with zero attached hydrogens (tertiary/aromatic N) is 2. The van der Waals surface area contributed by atoms with Crippen LogP contribution in [0.25, 0.3) is 0 Å². The van der Waals surface area contributed by atoms with Gasteiger partial charge in [-0.15, -0.1) is 0 Å². The fraction of sp³-hybridized carbons (Fsp3) is 0.636. The molecule has 0 aliphatic heterocycles. The second-order valence-corrected chi connectivity index (χ2v) is 4.39. The predicted molar refractivity (Wildman–Crippen MR) is 66.7 cm³/mol. The van der Waals surface area contributed by atoms with Crippen molar-refractivity contribution in [2.75, 3.05) is 7.11 Å². The molecule has 1 rings (SSSR count). The lowest BCUT2D eigenvalue weighted by atomic mass is 10.1. The van der Waals surface area contributed by atoms with Crippen molar-refractivity contribution in [2.24, 2.45) is 0 Å². The zero-order valence-electron chi connectivity index (χ0n) is 10.5. The molecule has 0 unspecified atom stereocenters. The zero-order valence-corrected chi connectivity index (χ0v) is 11.2. The molecule has 0 amide bonds. The van der Waals surface area contributed by atoms with Crippen molar-refractivity contribution < 1.29 is 4.74 Å². The van der Waals surface area contributed by atoms with E-state index in [4.69, 9.17) is 16.3 Å². The lowest BCUT2D eigenvalue weighted by Crippen LogP contribution is -2.42. The highest BCUT2D eigenvalue weighted by Crippen LogP contribution is 2.18. The van der Waals surface area contributed by atoms with E-state index in [2.05, 4.69) is 0 Å². The van der Waals surface area contributed by atoms with Crippen molar-refractivity contribution in [3.63, 3.8) is 0 Å². The summed E-state index contributed by atoms with van der Waals surface area (Å²) in [6.45, 7) is 5.89. The Bertz CT molecular complexity index is 517. The van der Waals surface area contributed by atoms with Crippen molar-refractivity contribution in [1.82, 2.24) is 9.13 Å². The molecule has 0 aromatic carbocycles. The van der Waals surface area contributed by atoms with E-state index in [-0.39, 0.29) is 23.4 Å². The van der Waals surface area contributed by atoms with E-state index in [1.165, 1.54) is 11.7 Å². The molecule has 1 aromatic heterocycles. The van der Waals surface area contributed by atoms with Gasteiger partial charge in [0.1, 0.15) is 11.9 Å². The fourth-order valence-electron chi connectivity index (χ4n) is 1.70. The summed E-state index contributed by atoms with van der Waals surface area (Å²) in [7, 11) is 1.44. The molecule has 0 fully saturated rings. The molecule has 0 spiro atoms. The minimum atomic E-state index is -0.436. The molecule has 5 nitrogen and oxygen atoms in total. The molecular formula is C11H17ClN2O3. The van der Waals surface area contributed by atoms with E-state index in [1.807, 2.05) is 13.8 Å². The summed E-state index contributed by atoms with van der Waals surface area (Å²) in [5.74, 6) is -0.0449. The van der Waals surface area contributed by atoms with Gasteiger partial charge in [0.15, 0.2) is 0 Å². The quantitative estimate of drug-likeness (QED) is 0.769. The van der Waals surface area contributed by atoms with Crippen LogP contribution in [0.3, 0.4) is 0 Å². The highest BCUT2D eigenvalue weighted by atomic mass is 35.5. The minimum absolute atomic E-state index is 0.0449. The van der Waals surface area contributed by atoms with Crippen LogP contribution in [0.1, 0.15) is 32.3 Å². The molecule has 0 radical (unpaired) electrons. The highest BCUT2D eigenvalue weighted by Gasteiger charge is 2.18. The van der Waals surface area contributed by atoms with Gasteiger partial charge >= 0.3 is 5.69 Å². The molecule has 17 heavy (non-hydrogen) atoms. The summed E-state index contributed by atoms with van der Waals surface area (Å²) >= 11 is 6.10. The molecule has 0 saturated heterocycles. The first kappa shape index (κ1) is 14.0. The second kappa shape index (κ2) is 5.51. The Morgan fingerprint density at radius 3 is 2.29 bits per heavy atom. The van der Waals surface area contributed by atoms with Crippen LogP contribution in [-0.4, -0.2) is 16.2 Å².